The minimum absolute atomic E-state index is 0.258. The number of aliphatic carboxylic acids is 1. The molecule has 90 valence electrons. The Morgan fingerprint density at radius 1 is 1.47 bits per heavy atom. The average molecular weight is 235 g/mol. The molecule has 0 aliphatic carbocycles. The molecule has 2 rings (SSSR count). The van der Waals surface area contributed by atoms with Crippen LogP contribution in [0.1, 0.15) is 18.0 Å². The van der Waals surface area contributed by atoms with Crippen LogP contribution in [0.25, 0.3) is 0 Å². The van der Waals surface area contributed by atoms with Crippen LogP contribution in [0.4, 0.5) is 0 Å². The molecule has 0 bridgehead atoms. The number of hydrogen-bond donors (Lipinski definition) is 2. The number of ether oxygens (including phenoxy) is 1. The molecule has 1 heterocycles. The maximum absolute atomic E-state index is 11.5. The van der Waals surface area contributed by atoms with Crippen molar-refractivity contribution in [1.29, 1.82) is 0 Å². The van der Waals surface area contributed by atoms with Gasteiger partial charge in [-0.05, 0) is 12.5 Å². The molecule has 2 atom stereocenters. The van der Waals surface area contributed by atoms with Gasteiger partial charge in [0, 0.05) is 5.56 Å². The fourth-order valence-corrected chi connectivity index (χ4v) is 2.05. The Morgan fingerprint density at radius 3 is 2.76 bits per heavy atom. The smallest absolute Gasteiger partial charge is 0.316 e. The Morgan fingerprint density at radius 2 is 2.18 bits per heavy atom. The van der Waals surface area contributed by atoms with Crippen LogP contribution in [0.5, 0.6) is 5.75 Å². The zero-order valence-corrected chi connectivity index (χ0v) is 9.34. The molecule has 0 radical (unpaired) electrons. The molecule has 1 fully saturated rings. The van der Waals surface area contributed by atoms with Gasteiger partial charge in [-0.15, -0.1) is 0 Å². The monoisotopic (exact) mass is 235 g/mol. The van der Waals surface area contributed by atoms with Crippen LogP contribution < -0.4 is 10.1 Å². The topological polar surface area (TPSA) is 75.6 Å². The molecule has 2 N–H and O–H groups in total. The number of carboxylic acid groups (broad SMARTS) is 1. The highest BCUT2D eigenvalue weighted by Crippen LogP contribution is 2.33. The number of rotatable bonds is 3. The highest BCUT2D eigenvalue weighted by Gasteiger charge is 2.38. The second-order valence-corrected chi connectivity index (χ2v) is 3.93. The summed E-state index contributed by atoms with van der Waals surface area (Å²) in [6.45, 7) is 0. The Hall–Kier alpha value is -2.04. The van der Waals surface area contributed by atoms with E-state index >= 15 is 0 Å². The first-order chi connectivity index (χ1) is 8.13. The summed E-state index contributed by atoms with van der Waals surface area (Å²) in [4.78, 5) is 22.3. The molecule has 0 unspecified atom stereocenters. The van der Waals surface area contributed by atoms with Crippen LogP contribution in [0.3, 0.4) is 0 Å². The molecule has 0 saturated carbocycles. The van der Waals surface area contributed by atoms with Crippen molar-refractivity contribution in [1.82, 2.24) is 5.32 Å². The molecular weight excluding hydrogens is 222 g/mol. The van der Waals surface area contributed by atoms with Gasteiger partial charge in [-0.1, -0.05) is 18.2 Å². The molecule has 1 saturated heterocycles. The fourth-order valence-electron chi connectivity index (χ4n) is 2.05. The molecular formula is C12H13NO4. The van der Waals surface area contributed by atoms with Crippen LogP contribution in [0, 0.1) is 5.92 Å². The van der Waals surface area contributed by atoms with Crippen LogP contribution >= 0.6 is 0 Å². The van der Waals surface area contributed by atoms with E-state index in [2.05, 4.69) is 5.32 Å². The molecule has 17 heavy (non-hydrogen) atoms. The molecule has 1 aliphatic heterocycles. The van der Waals surface area contributed by atoms with Gasteiger partial charge in [0.2, 0.25) is 5.91 Å². The molecule has 5 nitrogen and oxygen atoms in total. The lowest BCUT2D eigenvalue weighted by molar-refractivity contribution is -0.145. The Kier molecular flexibility index (Phi) is 2.99. The van der Waals surface area contributed by atoms with Crippen LogP contribution in [-0.2, 0) is 9.59 Å². The van der Waals surface area contributed by atoms with E-state index in [9.17, 15) is 9.59 Å². The maximum Gasteiger partial charge on any atom is 0.316 e. The lowest BCUT2D eigenvalue weighted by Crippen LogP contribution is -2.25. The van der Waals surface area contributed by atoms with Crippen molar-refractivity contribution in [2.75, 3.05) is 7.11 Å². The average Bonchev–Trinajstić information content (AvgIpc) is 2.71. The first kappa shape index (κ1) is 11.4. The summed E-state index contributed by atoms with van der Waals surface area (Å²) in [6.07, 6.45) is 0.258. The molecule has 1 aromatic rings. The molecule has 5 heteroatoms. The SMILES string of the molecule is COc1ccccc1[C@H]1C[C@H](C(=O)O)C(=O)N1. The van der Waals surface area contributed by atoms with E-state index in [0.29, 0.717) is 5.75 Å². The van der Waals surface area contributed by atoms with E-state index in [1.807, 2.05) is 18.2 Å². The van der Waals surface area contributed by atoms with E-state index in [-0.39, 0.29) is 12.5 Å². The minimum Gasteiger partial charge on any atom is -0.496 e. The largest absolute Gasteiger partial charge is 0.496 e. The molecule has 1 amide bonds. The third kappa shape index (κ3) is 2.08. The van der Waals surface area contributed by atoms with Crippen molar-refractivity contribution in [2.24, 2.45) is 5.92 Å². The predicted octanol–water partition coefficient (Wildman–Crippen LogP) is 0.957. The number of carbonyl (C=O) groups excluding carboxylic acids is 1. The summed E-state index contributed by atoms with van der Waals surface area (Å²) in [5.41, 5.74) is 0.812. The van der Waals surface area contributed by atoms with Gasteiger partial charge in [-0.2, -0.15) is 0 Å². The zero-order valence-electron chi connectivity index (χ0n) is 9.34. The third-order valence-corrected chi connectivity index (χ3v) is 2.92. The zero-order chi connectivity index (χ0) is 12.4. The van der Waals surface area contributed by atoms with E-state index in [4.69, 9.17) is 9.84 Å². The highest BCUT2D eigenvalue weighted by molar-refractivity contribution is 5.98. The van der Waals surface area contributed by atoms with Gasteiger partial charge in [0.15, 0.2) is 0 Å². The Balaban J connectivity index is 2.25. The van der Waals surface area contributed by atoms with Gasteiger partial charge in [-0.25, -0.2) is 0 Å². The Labute approximate surface area is 98.4 Å². The lowest BCUT2D eigenvalue weighted by Gasteiger charge is -2.14. The molecule has 0 aromatic heterocycles. The van der Waals surface area contributed by atoms with E-state index in [0.717, 1.165) is 5.56 Å². The number of hydrogen-bond acceptors (Lipinski definition) is 3. The standard InChI is InChI=1S/C12H13NO4/c1-17-10-5-3-2-4-7(10)9-6-8(12(15)16)11(14)13-9/h2-5,8-9H,6H2,1H3,(H,13,14)(H,15,16)/t8-,9+/m0/s1. The van der Waals surface area contributed by atoms with E-state index < -0.39 is 17.8 Å². The predicted molar refractivity (Wildman–Crippen MR) is 59.6 cm³/mol. The minimum atomic E-state index is -1.08. The molecule has 0 spiro atoms. The second-order valence-electron chi connectivity index (χ2n) is 3.93. The number of carboxylic acids is 1. The number of para-hydroxylation sites is 1. The highest BCUT2D eigenvalue weighted by atomic mass is 16.5. The van der Waals surface area contributed by atoms with Gasteiger partial charge < -0.3 is 15.2 Å². The fraction of sp³-hybridized carbons (Fsp3) is 0.333. The quantitative estimate of drug-likeness (QED) is 0.765. The van der Waals surface area contributed by atoms with Gasteiger partial charge in [-0.3, -0.25) is 9.59 Å². The number of amides is 1. The molecule has 1 aromatic carbocycles. The maximum atomic E-state index is 11.5. The number of nitrogens with one attached hydrogen (secondary N) is 1. The first-order valence-corrected chi connectivity index (χ1v) is 5.29. The summed E-state index contributed by atoms with van der Waals surface area (Å²) >= 11 is 0. The van der Waals surface area contributed by atoms with Gasteiger partial charge in [0.25, 0.3) is 0 Å². The van der Waals surface area contributed by atoms with E-state index in [1.54, 1.807) is 13.2 Å². The molecule has 1 aliphatic rings. The van der Waals surface area contributed by atoms with Gasteiger partial charge >= 0.3 is 5.97 Å². The summed E-state index contributed by atoms with van der Waals surface area (Å²) in [5.74, 6) is -1.83. The van der Waals surface area contributed by atoms with Crippen molar-refractivity contribution < 1.29 is 19.4 Å². The Bertz CT molecular complexity index is 458. The van der Waals surface area contributed by atoms with Crippen molar-refractivity contribution in [3.63, 3.8) is 0 Å². The summed E-state index contributed by atoms with van der Waals surface area (Å²) < 4.78 is 5.19. The third-order valence-electron chi connectivity index (χ3n) is 2.92. The van der Waals surface area contributed by atoms with Crippen molar-refractivity contribution in [3.05, 3.63) is 29.8 Å². The van der Waals surface area contributed by atoms with Crippen LogP contribution in [-0.4, -0.2) is 24.1 Å². The number of methoxy groups -OCH3 is 1. The van der Waals surface area contributed by atoms with Gasteiger partial charge in [0.1, 0.15) is 11.7 Å². The van der Waals surface area contributed by atoms with Crippen LogP contribution in [0.15, 0.2) is 24.3 Å². The lowest BCUT2D eigenvalue weighted by atomic mass is 9.99. The van der Waals surface area contributed by atoms with Crippen molar-refractivity contribution >= 4 is 11.9 Å². The number of carbonyl (C=O) groups is 2. The van der Waals surface area contributed by atoms with Gasteiger partial charge in [0.05, 0.1) is 13.2 Å². The van der Waals surface area contributed by atoms with Crippen LogP contribution in [0.2, 0.25) is 0 Å². The number of benzene rings is 1. The normalized spacial score (nSPS) is 23.2. The van der Waals surface area contributed by atoms with Crippen molar-refractivity contribution in [3.8, 4) is 5.75 Å². The van der Waals surface area contributed by atoms with Crippen molar-refractivity contribution in [2.45, 2.75) is 12.5 Å². The van der Waals surface area contributed by atoms with E-state index in [1.165, 1.54) is 0 Å². The summed E-state index contributed by atoms with van der Waals surface area (Å²) in [7, 11) is 1.55. The first-order valence-electron chi connectivity index (χ1n) is 5.29. The summed E-state index contributed by atoms with van der Waals surface area (Å²) in [5, 5.41) is 11.6. The second kappa shape index (κ2) is 4.45. The summed E-state index contributed by atoms with van der Waals surface area (Å²) in [6, 6.07) is 6.98.